The van der Waals surface area contributed by atoms with Crippen LogP contribution in [-0.2, 0) is 11.2 Å². The van der Waals surface area contributed by atoms with Crippen LogP contribution in [-0.4, -0.2) is 38.7 Å². The van der Waals surface area contributed by atoms with Crippen LogP contribution in [0.15, 0.2) is 24.3 Å². The molecule has 0 radical (unpaired) electrons. The van der Waals surface area contributed by atoms with Crippen LogP contribution in [0.5, 0.6) is 5.75 Å². The van der Waals surface area contributed by atoms with E-state index in [-0.39, 0.29) is 11.9 Å². The molecule has 0 saturated carbocycles. The van der Waals surface area contributed by atoms with Crippen LogP contribution in [0.25, 0.3) is 0 Å². The van der Waals surface area contributed by atoms with Gasteiger partial charge in [0.1, 0.15) is 5.75 Å². The van der Waals surface area contributed by atoms with Gasteiger partial charge in [-0.25, -0.2) is 4.79 Å². The highest BCUT2D eigenvalue weighted by molar-refractivity contribution is 5.74. The van der Waals surface area contributed by atoms with E-state index in [2.05, 4.69) is 16.0 Å². The molecule has 0 saturated heterocycles. The molecule has 0 aromatic heterocycles. The molecule has 21 heavy (non-hydrogen) atoms. The molecule has 1 aromatic rings. The Bertz CT molecular complexity index is 463. The SMILES string of the molecule is COc1ccccc1CCNC(=O)NCCCNC(C)=O. The van der Waals surface area contributed by atoms with Crippen molar-refractivity contribution in [3.8, 4) is 5.75 Å². The van der Waals surface area contributed by atoms with Crippen molar-refractivity contribution < 1.29 is 14.3 Å². The van der Waals surface area contributed by atoms with Gasteiger partial charge in [-0.2, -0.15) is 0 Å². The number of hydrogen-bond donors (Lipinski definition) is 3. The fourth-order valence-electron chi connectivity index (χ4n) is 1.84. The highest BCUT2D eigenvalue weighted by Crippen LogP contribution is 2.17. The van der Waals surface area contributed by atoms with Crippen LogP contribution >= 0.6 is 0 Å². The third kappa shape index (κ3) is 7.20. The number of hydrogen-bond acceptors (Lipinski definition) is 3. The zero-order valence-corrected chi connectivity index (χ0v) is 12.6. The van der Waals surface area contributed by atoms with Crippen LogP contribution in [0.3, 0.4) is 0 Å². The van der Waals surface area contributed by atoms with Crippen LogP contribution < -0.4 is 20.7 Å². The zero-order chi connectivity index (χ0) is 15.5. The highest BCUT2D eigenvalue weighted by atomic mass is 16.5. The van der Waals surface area contributed by atoms with E-state index in [4.69, 9.17) is 4.74 Å². The molecule has 6 heteroatoms. The predicted octanol–water partition coefficient (Wildman–Crippen LogP) is 1.06. The molecule has 0 aliphatic rings. The van der Waals surface area contributed by atoms with Crippen molar-refractivity contribution in [2.24, 2.45) is 0 Å². The summed E-state index contributed by atoms with van der Waals surface area (Å²) in [6.07, 6.45) is 1.42. The average molecular weight is 293 g/mol. The second-order valence-electron chi connectivity index (χ2n) is 4.58. The van der Waals surface area contributed by atoms with E-state index in [1.165, 1.54) is 6.92 Å². The largest absolute Gasteiger partial charge is 0.496 e. The number of nitrogens with one attached hydrogen (secondary N) is 3. The molecule has 1 rings (SSSR count). The third-order valence-corrected chi connectivity index (χ3v) is 2.89. The maximum Gasteiger partial charge on any atom is 0.314 e. The van der Waals surface area contributed by atoms with E-state index in [0.717, 1.165) is 11.3 Å². The van der Waals surface area contributed by atoms with Gasteiger partial charge in [0.15, 0.2) is 0 Å². The predicted molar refractivity (Wildman–Crippen MR) is 81.4 cm³/mol. The van der Waals surface area contributed by atoms with Gasteiger partial charge in [0.25, 0.3) is 0 Å². The van der Waals surface area contributed by atoms with Gasteiger partial charge >= 0.3 is 6.03 Å². The number of methoxy groups -OCH3 is 1. The summed E-state index contributed by atoms with van der Waals surface area (Å²) in [4.78, 5) is 22.2. The Balaban J connectivity index is 2.14. The van der Waals surface area contributed by atoms with E-state index in [9.17, 15) is 9.59 Å². The molecule has 0 spiro atoms. The number of para-hydroxylation sites is 1. The molecule has 0 atom stereocenters. The van der Waals surface area contributed by atoms with Gasteiger partial charge in [0, 0.05) is 26.6 Å². The minimum atomic E-state index is -0.201. The lowest BCUT2D eigenvalue weighted by Gasteiger charge is -2.10. The molecule has 0 aliphatic carbocycles. The summed E-state index contributed by atoms with van der Waals surface area (Å²) < 4.78 is 5.25. The van der Waals surface area contributed by atoms with Crippen molar-refractivity contribution in [3.63, 3.8) is 0 Å². The first-order valence-corrected chi connectivity index (χ1v) is 7.01. The molecular formula is C15H23N3O3. The summed E-state index contributed by atoms with van der Waals surface area (Å²) in [6.45, 7) is 3.10. The summed E-state index contributed by atoms with van der Waals surface area (Å²) >= 11 is 0. The summed E-state index contributed by atoms with van der Waals surface area (Å²) in [5.41, 5.74) is 1.06. The Labute approximate surface area is 125 Å². The number of rotatable bonds is 8. The summed E-state index contributed by atoms with van der Waals surface area (Å²) in [7, 11) is 1.63. The number of urea groups is 1. The van der Waals surface area contributed by atoms with Crippen molar-refractivity contribution in [1.82, 2.24) is 16.0 Å². The average Bonchev–Trinajstić information content (AvgIpc) is 2.47. The molecule has 0 aliphatic heterocycles. The quantitative estimate of drug-likeness (QED) is 0.627. The van der Waals surface area contributed by atoms with Gasteiger partial charge in [-0.15, -0.1) is 0 Å². The van der Waals surface area contributed by atoms with E-state index >= 15 is 0 Å². The van der Waals surface area contributed by atoms with Crippen molar-refractivity contribution in [3.05, 3.63) is 29.8 Å². The van der Waals surface area contributed by atoms with Crippen LogP contribution in [0.2, 0.25) is 0 Å². The Kier molecular flexibility index (Phi) is 7.71. The van der Waals surface area contributed by atoms with Gasteiger partial charge in [-0.05, 0) is 24.5 Å². The minimum absolute atomic E-state index is 0.0590. The number of amides is 3. The highest BCUT2D eigenvalue weighted by Gasteiger charge is 2.03. The van der Waals surface area contributed by atoms with Crippen LogP contribution in [0.4, 0.5) is 4.79 Å². The first-order valence-electron chi connectivity index (χ1n) is 7.01. The Hall–Kier alpha value is -2.24. The fourth-order valence-corrected chi connectivity index (χ4v) is 1.84. The topological polar surface area (TPSA) is 79.5 Å². The minimum Gasteiger partial charge on any atom is -0.496 e. The van der Waals surface area contributed by atoms with Crippen molar-refractivity contribution in [1.29, 1.82) is 0 Å². The summed E-state index contributed by atoms with van der Waals surface area (Å²) in [5.74, 6) is 0.770. The monoisotopic (exact) mass is 293 g/mol. The van der Waals surface area contributed by atoms with Crippen molar-refractivity contribution in [2.45, 2.75) is 19.8 Å². The molecule has 0 heterocycles. The second kappa shape index (κ2) is 9.63. The second-order valence-corrected chi connectivity index (χ2v) is 4.58. The normalized spacial score (nSPS) is 9.81. The third-order valence-electron chi connectivity index (χ3n) is 2.89. The van der Waals surface area contributed by atoms with Gasteiger partial charge in [0.2, 0.25) is 5.91 Å². The van der Waals surface area contributed by atoms with Gasteiger partial charge in [-0.3, -0.25) is 4.79 Å². The van der Waals surface area contributed by atoms with Gasteiger partial charge in [0.05, 0.1) is 7.11 Å². The lowest BCUT2D eigenvalue weighted by Crippen LogP contribution is -2.38. The smallest absolute Gasteiger partial charge is 0.314 e. The summed E-state index contributed by atoms with van der Waals surface area (Å²) in [5, 5.41) is 8.20. The Morgan fingerprint density at radius 2 is 1.71 bits per heavy atom. The van der Waals surface area contributed by atoms with Crippen LogP contribution in [0.1, 0.15) is 18.9 Å². The lowest BCUT2D eigenvalue weighted by molar-refractivity contribution is -0.118. The standard InChI is InChI=1S/C15H23N3O3/c1-12(19)16-9-5-10-17-15(20)18-11-8-13-6-3-4-7-14(13)21-2/h3-4,6-7H,5,8-11H2,1-2H3,(H,16,19)(H2,17,18,20). The first-order chi connectivity index (χ1) is 10.1. The number of benzene rings is 1. The van der Waals surface area contributed by atoms with Crippen LogP contribution in [0, 0.1) is 0 Å². The van der Waals surface area contributed by atoms with E-state index in [0.29, 0.717) is 32.5 Å². The molecule has 0 unspecified atom stereocenters. The number of ether oxygens (including phenoxy) is 1. The van der Waals surface area contributed by atoms with Crippen molar-refractivity contribution >= 4 is 11.9 Å². The van der Waals surface area contributed by atoms with E-state index in [1.807, 2.05) is 24.3 Å². The molecule has 116 valence electrons. The maximum atomic E-state index is 11.5. The Morgan fingerprint density at radius 1 is 1.05 bits per heavy atom. The molecule has 6 nitrogen and oxygen atoms in total. The lowest BCUT2D eigenvalue weighted by atomic mass is 10.1. The first kappa shape index (κ1) is 16.8. The van der Waals surface area contributed by atoms with E-state index < -0.39 is 0 Å². The molecule has 3 amide bonds. The Morgan fingerprint density at radius 3 is 2.43 bits per heavy atom. The van der Waals surface area contributed by atoms with Crippen molar-refractivity contribution in [2.75, 3.05) is 26.7 Å². The van der Waals surface area contributed by atoms with Gasteiger partial charge in [-0.1, -0.05) is 18.2 Å². The number of carbonyl (C=O) groups is 2. The molecule has 0 fully saturated rings. The maximum absolute atomic E-state index is 11.5. The van der Waals surface area contributed by atoms with Gasteiger partial charge < -0.3 is 20.7 Å². The molecular weight excluding hydrogens is 270 g/mol. The molecule has 3 N–H and O–H groups in total. The summed E-state index contributed by atoms with van der Waals surface area (Å²) in [6, 6.07) is 7.54. The number of carbonyl (C=O) groups excluding carboxylic acids is 2. The molecule has 0 bridgehead atoms. The fraction of sp³-hybridized carbons (Fsp3) is 0.467. The van der Waals surface area contributed by atoms with E-state index in [1.54, 1.807) is 7.11 Å². The zero-order valence-electron chi connectivity index (χ0n) is 12.6. The molecule has 1 aromatic carbocycles.